The van der Waals surface area contributed by atoms with Crippen molar-refractivity contribution in [3.63, 3.8) is 0 Å². The van der Waals surface area contributed by atoms with Crippen LogP contribution in [-0.4, -0.2) is 86.4 Å². The average molecular weight is 438 g/mol. The summed E-state index contributed by atoms with van der Waals surface area (Å²) in [7, 11) is 0. The van der Waals surface area contributed by atoms with Crippen molar-refractivity contribution in [2.24, 2.45) is 4.99 Å². The number of ether oxygens (including phenoxy) is 1. The maximum Gasteiger partial charge on any atom is 0.191 e. The highest BCUT2D eigenvalue weighted by Crippen LogP contribution is 2.34. The van der Waals surface area contributed by atoms with Crippen LogP contribution in [-0.2, 0) is 4.74 Å². The summed E-state index contributed by atoms with van der Waals surface area (Å²) in [6.07, 6.45) is 3.55. The minimum atomic E-state index is 0.208. The Morgan fingerprint density at radius 1 is 1.28 bits per heavy atom. The van der Waals surface area contributed by atoms with Gasteiger partial charge in [-0.15, -0.1) is 11.3 Å². The molecule has 0 spiro atoms. The Labute approximate surface area is 183 Å². The van der Waals surface area contributed by atoms with Crippen LogP contribution in [0, 0.1) is 0 Å². The van der Waals surface area contributed by atoms with E-state index in [2.05, 4.69) is 56.6 Å². The highest BCUT2D eigenvalue weighted by molar-refractivity contribution is 7.99. The molecule has 29 heavy (non-hydrogen) atoms. The van der Waals surface area contributed by atoms with Crippen LogP contribution in [0.15, 0.2) is 22.5 Å². The van der Waals surface area contributed by atoms with Crippen LogP contribution in [0.2, 0.25) is 0 Å². The van der Waals surface area contributed by atoms with Crippen molar-refractivity contribution in [1.29, 1.82) is 0 Å². The number of hydrogen-bond donors (Lipinski definition) is 2. The minimum absolute atomic E-state index is 0.208. The van der Waals surface area contributed by atoms with Crippen molar-refractivity contribution in [3.05, 3.63) is 17.5 Å². The molecule has 6 nitrogen and oxygen atoms in total. The van der Waals surface area contributed by atoms with Crippen LogP contribution in [0.4, 0.5) is 5.00 Å². The van der Waals surface area contributed by atoms with Crippen LogP contribution < -0.4 is 15.5 Å². The van der Waals surface area contributed by atoms with Gasteiger partial charge in [-0.25, -0.2) is 0 Å². The summed E-state index contributed by atoms with van der Waals surface area (Å²) in [6.45, 7) is 9.97. The minimum Gasteiger partial charge on any atom is -0.379 e. The predicted molar refractivity (Wildman–Crippen MR) is 126 cm³/mol. The first-order chi connectivity index (χ1) is 14.3. The molecule has 1 atom stereocenters. The maximum absolute atomic E-state index is 5.59. The summed E-state index contributed by atoms with van der Waals surface area (Å²) in [5.74, 6) is 3.43. The van der Waals surface area contributed by atoms with Gasteiger partial charge in [0.15, 0.2) is 5.96 Å². The van der Waals surface area contributed by atoms with Crippen molar-refractivity contribution in [1.82, 2.24) is 15.5 Å². The molecule has 0 aliphatic carbocycles. The number of nitrogens with one attached hydrogen (secondary N) is 2. The molecular weight excluding hydrogens is 402 g/mol. The van der Waals surface area contributed by atoms with E-state index in [0.29, 0.717) is 6.04 Å². The van der Waals surface area contributed by atoms with E-state index in [4.69, 9.17) is 9.73 Å². The van der Waals surface area contributed by atoms with Crippen LogP contribution in [0.3, 0.4) is 0 Å². The Balaban J connectivity index is 1.35. The predicted octanol–water partition coefficient (Wildman–Crippen LogP) is 2.48. The standard InChI is InChI=1S/C21H35N5OS2/c1-2-22-20(24-18-5-8-25(9-6-18)19-4-3-14-29-19)23-16-21(7-15-28-17-21)26-10-12-27-13-11-26/h3-4,14,18H,2,5-13,15-17H2,1H3,(H2,22,23,24). The second-order valence-corrected chi connectivity index (χ2v) is 10.2. The van der Waals surface area contributed by atoms with E-state index in [-0.39, 0.29) is 5.54 Å². The fourth-order valence-corrected chi connectivity index (χ4v) is 6.79. The van der Waals surface area contributed by atoms with Crippen LogP contribution in [0.25, 0.3) is 0 Å². The molecule has 1 unspecified atom stereocenters. The SMILES string of the molecule is CCNC(=NCC1(N2CCOCC2)CCSC1)NC1CCN(c2cccs2)CC1. The third kappa shape index (κ3) is 5.40. The van der Waals surface area contributed by atoms with Gasteiger partial charge in [-0.05, 0) is 49.5 Å². The third-order valence-electron chi connectivity index (χ3n) is 6.29. The second kappa shape index (κ2) is 10.4. The number of morpholine rings is 1. The lowest BCUT2D eigenvalue weighted by Gasteiger charge is -2.42. The first-order valence-electron chi connectivity index (χ1n) is 11.0. The molecule has 0 saturated carbocycles. The van der Waals surface area contributed by atoms with Gasteiger partial charge in [-0.2, -0.15) is 11.8 Å². The molecule has 3 aliphatic heterocycles. The summed E-state index contributed by atoms with van der Waals surface area (Å²) in [4.78, 5) is 10.2. The average Bonchev–Trinajstić information content (AvgIpc) is 3.47. The quantitative estimate of drug-likeness (QED) is 0.527. The van der Waals surface area contributed by atoms with Gasteiger partial charge >= 0.3 is 0 Å². The van der Waals surface area contributed by atoms with E-state index in [1.165, 1.54) is 22.9 Å². The molecule has 0 bridgehead atoms. The van der Waals surface area contributed by atoms with Gasteiger partial charge in [0.05, 0.1) is 30.3 Å². The summed E-state index contributed by atoms with van der Waals surface area (Å²) < 4.78 is 5.59. The van der Waals surface area contributed by atoms with Crippen molar-refractivity contribution in [2.45, 2.75) is 37.8 Å². The molecule has 0 amide bonds. The first kappa shape index (κ1) is 21.3. The third-order valence-corrected chi connectivity index (χ3v) is 8.46. The molecule has 3 aliphatic rings. The summed E-state index contributed by atoms with van der Waals surface area (Å²) in [5, 5.41) is 10.8. The molecule has 2 N–H and O–H groups in total. The molecule has 1 aromatic heterocycles. The maximum atomic E-state index is 5.59. The van der Waals surface area contributed by atoms with Crippen LogP contribution >= 0.6 is 23.1 Å². The van der Waals surface area contributed by atoms with Crippen molar-refractivity contribution in [2.75, 3.05) is 68.9 Å². The Bertz CT molecular complexity index is 634. The number of anilines is 1. The van der Waals surface area contributed by atoms with Crippen molar-refractivity contribution >= 4 is 34.1 Å². The number of aliphatic imine (C=N–C) groups is 1. The summed E-state index contributed by atoms with van der Waals surface area (Å²) in [6, 6.07) is 4.88. The van der Waals surface area contributed by atoms with Gasteiger partial charge < -0.3 is 20.3 Å². The second-order valence-electron chi connectivity index (χ2n) is 8.18. The summed E-state index contributed by atoms with van der Waals surface area (Å²) in [5.41, 5.74) is 0.208. The van der Waals surface area contributed by atoms with E-state index in [1.807, 2.05) is 11.3 Å². The van der Waals surface area contributed by atoms with E-state index in [1.54, 1.807) is 0 Å². The smallest absolute Gasteiger partial charge is 0.191 e. The monoisotopic (exact) mass is 437 g/mol. The Morgan fingerprint density at radius 3 is 2.76 bits per heavy atom. The zero-order valence-corrected chi connectivity index (χ0v) is 19.2. The number of thiophene rings is 1. The van der Waals surface area contributed by atoms with Crippen LogP contribution in [0.1, 0.15) is 26.2 Å². The largest absolute Gasteiger partial charge is 0.379 e. The lowest BCUT2D eigenvalue weighted by molar-refractivity contribution is -0.0104. The molecule has 4 rings (SSSR count). The fraction of sp³-hybridized carbons (Fsp3) is 0.762. The lowest BCUT2D eigenvalue weighted by atomic mass is 9.96. The molecule has 0 radical (unpaired) electrons. The molecular formula is C21H35N5OS2. The Hall–Kier alpha value is -0.960. The zero-order chi connectivity index (χ0) is 19.9. The number of hydrogen-bond acceptors (Lipinski definition) is 6. The zero-order valence-electron chi connectivity index (χ0n) is 17.6. The topological polar surface area (TPSA) is 52.1 Å². The number of thioether (sulfide) groups is 1. The summed E-state index contributed by atoms with van der Waals surface area (Å²) >= 11 is 3.92. The van der Waals surface area contributed by atoms with E-state index in [9.17, 15) is 0 Å². The van der Waals surface area contributed by atoms with Crippen molar-refractivity contribution in [3.8, 4) is 0 Å². The van der Waals surface area contributed by atoms with E-state index < -0.39 is 0 Å². The number of piperidine rings is 1. The molecule has 3 saturated heterocycles. The van der Waals surface area contributed by atoms with Gasteiger partial charge in [0, 0.05) is 44.5 Å². The van der Waals surface area contributed by atoms with Gasteiger partial charge in [0.1, 0.15) is 0 Å². The number of rotatable bonds is 6. The fourth-order valence-electron chi connectivity index (χ4n) is 4.54. The Kier molecular flexibility index (Phi) is 7.61. The van der Waals surface area contributed by atoms with E-state index in [0.717, 1.165) is 71.3 Å². The molecule has 0 aromatic carbocycles. The van der Waals surface area contributed by atoms with Crippen LogP contribution in [0.5, 0.6) is 0 Å². The van der Waals surface area contributed by atoms with Gasteiger partial charge in [-0.1, -0.05) is 0 Å². The van der Waals surface area contributed by atoms with Gasteiger partial charge in [-0.3, -0.25) is 9.89 Å². The Morgan fingerprint density at radius 2 is 2.10 bits per heavy atom. The molecule has 1 aromatic rings. The molecule has 162 valence electrons. The lowest BCUT2D eigenvalue weighted by Crippen LogP contribution is -2.56. The molecule has 3 fully saturated rings. The van der Waals surface area contributed by atoms with Gasteiger partial charge in [0.2, 0.25) is 0 Å². The normalized spacial score (nSPS) is 27.3. The molecule has 8 heteroatoms. The first-order valence-corrected chi connectivity index (χ1v) is 13.1. The van der Waals surface area contributed by atoms with E-state index >= 15 is 0 Å². The highest BCUT2D eigenvalue weighted by atomic mass is 32.2. The molecule has 4 heterocycles. The van der Waals surface area contributed by atoms with Crippen molar-refractivity contribution < 1.29 is 4.74 Å². The number of nitrogens with zero attached hydrogens (tertiary/aromatic N) is 3. The number of guanidine groups is 1. The van der Waals surface area contributed by atoms with Gasteiger partial charge in [0.25, 0.3) is 0 Å². The highest BCUT2D eigenvalue weighted by Gasteiger charge is 2.40.